The molecule has 3 saturated heterocycles. The van der Waals surface area contributed by atoms with Gasteiger partial charge in [-0.05, 0) is 75.1 Å². The summed E-state index contributed by atoms with van der Waals surface area (Å²) in [6, 6.07) is 6.51. The van der Waals surface area contributed by atoms with Gasteiger partial charge in [-0.3, -0.25) is 4.90 Å². The van der Waals surface area contributed by atoms with Crippen LogP contribution in [0.3, 0.4) is 0 Å². The number of nitrogens with zero attached hydrogens (tertiary/aromatic N) is 4. The molecule has 210 valence electrons. The number of aliphatic hydroxyl groups is 1. The van der Waals surface area contributed by atoms with E-state index < -0.39 is 11.8 Å². The Morgan fingerprint density at radius 3 is 2.95 bits per heavy atom. The summed E-state index contributed by atoms with van der Waals surface area (Å²) < 4.78 is 27.5. The van der Waals surface area contributed by atoms with E-state index in [4.69, 9.17) is 31.0 Å². The number of alkyl halides is 1. The van der Waals surface area contributed by atoms with Crippen LogP contribution in [0.15, 0.2) is 18.2 Å². The highest BCUT2D eigenvalue weighted by molar-refractivity contribution is 6.31. The number of benzene rings is 1. The third-order valence-electron chi connectivity index (χ3n) is 9.84. The minimum Gasteiger partial charge on any atom is -0.461 e. The largest absolute Gasteiger partial charge is 0.461 e. The third kappa shape index (κ3) is 4.61. The molecule has 3 fully saturated rings. The topological polar surface area (TPSA) is 71.0 Å². The molecule has 0 amide bonds. The maximum absolute atomic E-state index is 14.4. The summed E-state index contributed by atoms with van der Waals surface area (Å²) in [4.78, 5) is 14.5. The zero-order valence-electron chi connectivity index (χ0n) is 22.5. The van der Waals surface area contributed by atoms with Crippen molar-refractivity contribution >= 4 is 17.4 Å². The van der Waals surface area contributed by atoms with Crippen molar-refractivity contribution in [3.05, 3.63) is 45.6 Å². The number of rotatable bonds is 4. The van der Waals surface area contributed by atoms with Gasteiger partial charge in [-0.15, -0.1) is 0 Å². The van der Waals surface area contributed by atoms with Crippen molar-refractivity contribution in [2.45, 2.75) is 94.2 Å². The second-order valence-corrected chi connectivity index (χ2v) is 12.7. The van der Waals surface area contributed by atoms with Gasteiger partial charge >= 0.3 is 6.01 Å². The number of anilines is 1. The Morgan fingerprint density at radius 1 is 1.10 bits per heavy atom. The number of halogens is 2. The lowest BCUT2D eigenvalue weighted by atomic mass is 9.75. The maximum Gasteiger partial charge on any atom is 0.318 e. The Hall–Kier alpha value is -2.00. The standard InChI is InChI=1S/C30H38ClFN4O3/c31-25-8-1-7-24-22(25)6-2-11-30(24)16-26-23(18-39-30)27(35-12-3-5-21(37)9-14-35)34-28(33-26)38-19-29-10-4-13-36(29)17-20(32)15-29/h1,7-8,20-21,37H,2-6,9-19H2/t20?,21?,29-,30?/m0/s1. The van der Waals surface area contributed by atoms with Gasteiger partial charge in [-0.25, -0.2) is 4.39 Å². The highest BCUT2D eigenvalue weighted by Crippen LogP contribution is 2.47. The van der Waals surface area contributed by atoms with Gasteiger partial charge < -0.3 is 19.5 Å². The average Bonchev–Trinajstić information content (AvgIpc) is 3.36. The zero-order chi connectivity index (χ0) is 26.6. The molecule has 0 bridgehead atoms. The van der Waals surface area contributed by atoms with Crippen LogP contribution in [0.2, 0.25) is 5.02 Å². The number of hydrogen-bond acceptors (Lipinski definition) is 7. The van der Waals surface area contributed by atoms with E-state index in [1.807, 2.05) is 12.1 Å². The van der Waals surface area contributed by atoms with Crippen LogP contribution in [0.4, 0.5) is 10.2 Å². The van der Waals surface area contributed by atoms with Crippen LogP contribution in [-0.2, 0) is 29.8 Å². The minimum atomic E-state index is -0.798. The van der Waals surface area contributed by atoms with Gasteiger partial charge in [0.2, 0.25) is 0 Å². The van der Waals surface area contributed by atoms with E-state index in [2.05, 4.69) is 15.9 Å². The molecule has 7 nitrogen and oxygen atoms in total. The van der Waals surface area contributed by atoms with Gasteiger partial charge in [-0.2, -0.15) is 9.97 Å². The van der Waals surface area contributed by atoms with Crippen LogP contribution in [0.5, 0.6) is 6.01 Å². The van der Waals surface area contributed by atoms with E-state index in [9.17, 15) is 9.50 Å². The molecule has 39 heavy (non-hydrogen) atoms. The molecule has 1 spiro atoms. The molecule has 5 heterocycles. The van der Waals surface area contributed by atoms with E-state index >= 15 is 0 Å². The van der Waals surface area contributed by atoms with Crippen molar-refractivity contribution in [2.24, 2.45) is 0 Å². The van der Waals surface area contributed by atoms with Gasteiger partial charge in [0.05, 0.1) is 29.5 Å². The quantitative estimate of drug-likeness (QED) is 0.583. The van der Waals surface area contributed by atoms with Crippen molar-refractivity contribution in [1.29, 1.82) is 0 Å². The van der Waals surface area contributed by atoms with Crippen LogP contribution in [0.1, 0.15) is 73.8 Å². The molecule has 1 aromatic heterocycles. The lowest BCUT2D eigenvalue weighted by molar-refractivity contribution is -0.0855. The highest BCUT2D eigenvalue weighted by atomic mass is 35.5. The first-order valence-corrected chi connectivity index (χ1v) is 15.1. The van der Waals surface area contributed by atoms with E-state index in [-0.39, 0.29) is 11.6 Å². The van der Waals surface area contributed by atoms with Crippen LogP contribution in [0, 0.1) is 0 Å². The molecule has 4 aliphatic heterocycles. The Morgan fingerprint density at radius 2 is 2.03 bits per heavy atom. The molecule has 1 N–H and O–H groups in total. The first-order valence-electron chi connectivity index (χ1n) is 14.7. The number of aliphatic hydroxyl groups excluding tert-OH is 1. The molecule has 3 unspecified atom stereocenters. The van der Waals surface area contributed by atoms with Gasteiger partial charge in [0.1, 0.15) is 18.6 Å². The van der Waals surface area contributed by atoms with Crippen molar-refractivity contribution in [2.75, 3.05) is 37.7 Å². The minimum absolute atomic E-state index is 0.255. The van der Waals surface area contributed by atoms with Crippen LogP contribution in [0.25, 0.3) is 0 Å². The number of hydrogen-bond donors (Lipinski definition) is 1. The normalized spacial score (nSPS) is 32.5. The lowest BCUT2D eigenvalue weighted by Gasteiger charge is -2.43. The molecule has 1 aromatic carbocycles. The first-order chi connectivity index (χ1) is 18.9. The number of aromatic nitrogens is 2. The fraction of sp³-hybridized carbons (Fsp3) is 0.667. The molecule has 4 atom stereocenters. The summed E-state index contributed by atoms with van der Waals surface area (Å²) in [6.45, 7) is 3.82. The summed E-state index contributed by atoms with van der Waals surface area (Å²) >= 11 is 6.62. The predicted octanol–water partition coefficient (Wildman–Crippen LogP) is 4.74. The Kier molecular flexibility index (Phi) is 6.73. The van der Waals surface area contributed by atoms with Gasteiger partial charge in [0.25, 0.3) is 0 Å². The van der Waals surface area contributed by atoms with Crippen molar-refractivity contribution in [3.8, 4) is 6.01 Å². The van der Waals surface area contributed by atoms with E-state index in [1.165, 1.54) is 11.1 Å². The van der Waals surface area contributed by atoms with Crippen molar-refractivity contribution in [3.63, 3.8) is 0 Å². The van der Waals surface area contributed by atoms with Crippen LogP contribution in [-0.4, -0.2) is 70.6 Å². The summed E-state index contributed by atoms with van der Waals surface area (Å²) in [5, 5.41) is 11.1. The summed E-state index contributed by atoms with van der Waals surface area (Å²) in [7, 11) is 0. The Labute approximate surface area is 234 Å². The van der Waals surface area contributed by atoms with Gasteiger partial charge in [0.15, 0.2) is 0 Å². The molecule has 2 aromatic rings. The van der Waals surface area contributed by atoms with Crippen molar-refractivity contribution in [1.82, 2.24) is 14.9 Å². The maximum atomic E-state index is 14.4. The summed E-state index contributed by atoms with van der Waals surface area (Å²) in [5.41, 5.74) is 3.63. The zero-order valence-corrected chi connectivity index (χ0v) is 23.3. The monoisotopic (exact) mass is 556 g/mol. The Bertz CT molecular complexity index is 1250. The Balaban J connectivity index is 1.24. The van der Waals surface area contributed by atoms with Gasteiger partial charge in [-0.1, -0.05) is 23.7 Å². The summed E-state index contributed by atoms with van der Waals surface area (Å²) in [5.74, 6) is 0.858. The number of fused-ring (bicyclic) bond motifs is 4. The molecule has 0 saturated carbocycles. The smallest absolute Gasteiger partial charge is 0.318 e. The second kappa shape index (κ2) is 10.1. The summed E-state index contributed by atoms with van der Waals surface area (Å²) in [6.07, 6.45) is 7.40. The number of ether oxygens (including phenoxy) is 2. The second-order valence-electron chi connectivity index (χ2n) is 12.3. The lowest BCUT2D eigenvalue weighted by Crippen LogP contribution is -2.44. The molecule has 7 rings (SSSR count). The van der Waals surface area contributed by atoms with Crippen molar-refractivity contribution < 1.29 is 19.0 Å². The molecule has 1 aliphatic carbocycles. The van der Waals surface area contributed by atoms with E-state index in [0.29, 0.717) is 45.0 Å². The highest BCUT2D eigenvalue weighted by Gasteiger charge is 2.50. The third-order valence-corrected chi connectivity index (χ3v) is 10.2. The molecule has 5 aliphatic rings. The molecule has 0 radical (unpaired) electrons. The predicted molar refractivity (Wildman–Crippen MR) is 147 cm³/mol. The van der Waals surface area contributed by atoms with Gasteiger partial charge in [0, 0.05) is 43.1 Å². The fourth-order valence-electron chi connectivity index (χ4n) is 7.84. The van der Waals surface area contributed by atoms with E-state index in [1.54, 1.807) is 0 Å². The van der Waals surface area contributed by atoms with Crippen LogP contribution < -0.4 is 9.64 Å². The fourth-order valence-corrected chi connectivity index (χ4v) is 8.11. The van der Waals surface area contributed by atoms with Crippen LogP contribution >= 0.6 is 11.6 Å². The average molecular weight is 557 g/mol. The first kappa shape index (κ1) is 25.9. The molecule has 9 heteroatoms. The molecular formula is C30H38ClFN4O3. The van der Waals surface area contributed by atoms with E-state index in [0.717, 1.165) is 86.7 Å². The molecular weight excluding hydrogens is 519 g/mol. The SMILES string of the molecule is OC1CCCN(c2nc(OC[C@@]34CCCN3CC(F)C4)nc3c2COC2(CCCc4c(Cl)cccc42)C3)CC1.